The van der Waals surface area contributed by atoms with Gasteiger partial charge in [-0.15, -0.1) is 0 Å². The number of hydrogen-bond donors (Lipinski definition) is 2. The van der Waals surface area contributed by atoms with Crippen LogP contribution < -0.4 is 5.32 Å². The summed E-state index contributed by atoms with van der Waals surface area (Å²) in [7, 11) is 0. The summed E-state index contributed by atoms with van der Waals surface area (Å²) in [4.78, 5) is 13.6. The van der Waals surface area contributed by atoms with E-state index in [1.54, 1.807) is 6.92 Å². The average Bonchev–Trinajstić information content (AvgIpc) is 2.35. The van der Waals surface area contributed by atoms with Crippen LogP contribution in [0.1, 0.15) is 26.7 Å². The second-order valence-corrected chi connectivity index (χ2v) is 4.77. The van der Waals surface area contributed by atoms with Crippen LogP contribution in [0.5, 0.6) is 0 Å². The molecule has 1 saturated heterocycles. The number of hydrogen-bond acceptors (Lipinski definition) is 4. The zero-order chi connectivity index (χ0) is 12.7. The number of carbonyl (C=O) groups excluding carboxylic acids is 1. The Balaban J connectivity index is 2.11. The van der Waals surface area contributed by atoms with Crippen molar-refractivity contribution in [2.24, 2.45) is 0 Å². The number of nitrogens with zero attached hydrogens (tertiary/aromatic N) is 1. The molecular formula is C12H24N2O3. The molecule has 5 nitrogen and oxygen atoms in total. The highest BCUT2D eigenvalue weighted by Crippen LogP contribution is 2.06. The smallest absolute Gasteiger partial charge is 0.224 e. The lowest BCUT2D eigenvalue weighted by atomic mass is 10.0. The van der Waals surface area contributed by atoms with E-state index in [9.17, 15) is 9.90 Å². The van der Waals surface area contributed by atoms with E-state index in [0.717, 1.165) is 0 Å². The molecule has 100 valence electrons. The first kappa shape index (κ1) is 14.4. The molecule has 1 amide bonds. The number of amides is 1. The minimum absolute atomic E-state index is 0.164. The fraction of sp³-hybridized carbons (Fsp3) is 0.917. The minimum Gasteiger partial charge on any atom is -0.389 e. The van der Waals surface area contributed by atoms with Crippen LogP contribution in [0.3, 0.4) is 0 Å². The van der Waals surface area contributed by atoms with Crippen molar-refractivity contribution in [3.8, 4) is 0 Å². The summed E-state index contributed by atoms with van der Waals surface area (Å²) >= 11 is 0. The van der Waals surface area contributed by atoms with E-state index in [4.69, 9.17) is 4.74 Å². The van der Waals surface area contributed by atoms with Gasteiger partial charge >= 0.3 is 0 Å². The molecule has 1 aliphatic heterocycles. The summed E-state index contributed by atoms with van der Waals surface area (Å²) in [6, 6.07) is 0. The zero-order valence-corrected chi connectivity index (χ0v) is 10.9. The van der Waals surface area contributed by atoms with Gasteiger partial charge in [0.25, 0.3) is 0 Å². The minimum atomic E-state index is -0.679. The van der Waals surface area contributed by atoms with E-state index >= 15 is 0 Å². The second kappa shape index (κ2) is 6.93. The molecule has 0 aliphatic carbocycles. The quantitative estimate of drug-likeness (QED) is 0.645. The molecule has 0 spiro atoms. The predicted octanol–water partition coefficient (Wildman–Crippen LogP) is -0.0141. The molecule has 1 heterocycles. The Morgan fingerprint density at radius 1 is 1.47 bits per heavy atom. The molecule has 0 aromatic heterocycles. The largest absolute Gasteiger partial charge is 0.389 e. The SMILES string of the molecule is CCC(C)(O)CNCCC(=O)N1CCOCC1. The molecule has 0 bridgehead atoms. The number of rotatable bonds is 6. The van der Waals surface area contributed by atoms with Crippen LogP contribution in [-0.4, -0.2) is 60.9 Å². The lowest BCUT2D eigenvalue weighted by molar-refractivity contribution is -0.135. The maximum Gasteiger partial charge on any atom is 0.224 e. The maximum absolute atomic E-state index is 11.8. The van der Waals surface area contributed by atoms with E-state index in [0.29, 0.717) is 52.2 Å². The van der Waals surface area contributed by atoms with Crippen molar-refractivity contribution in [3.05, 3.63) is 0 Å². The Hall–Kier alpha value is -0.650. The van der Waals surface area contributed by atoms with Crippen molar-refractivity contribution >= 4 is 5.91 Å². The molecule has 17 heavy (non-hydrogen) atoms. The molecule has 5 heteroatoms. The molecule has 0 saturated carbocycles. The van der Waals surface area contributed by atoms with Gasteiger partial charge in [0, 0.05) is 32.6 Å². The molecule has 1 fully saturated rings. The van der Waals surface area contributed by atoms with E-state index < -0.39 is 5.60 Å². The molecule has 1 unspecified atom stereocenters. The van der Waals surface area contributed by atoms with E-state index in [-0.39, 0.29) is 5.91 Å². The Kier molecular flexibility index (Phi) is 5.88. The number of carbonyl (C=O) groups is 1. The third-order valence-electron chi connectivity index (χ3n) is 3.15. The highest BCUT2D eigenvalue weighted by molar-refractivity contribution is 5.76. The highest BCUT2D eigenvalue weighted by atomic mass is 16.5. The highest BCUT2D eigenvalue weighted by Gasteiger charge is 2.18. The Labute approximate surface area is 103 Å². The Bertz CT molecular complexity index is 238. The lowest BCUT2D eigenvalue weighted by Gasteiger charge is -2.27. The van der Waals surface area contributed by atoms with Crippen molar-refractivity contribution in [1.29, 1.82) is 0 Å². The molecule has 1 aliphatic rings. The third kappa shape index (κ3) is 5.48. The second-order valence-electron chi connectivity index (χ2n) is 4.77. The van der Waals surface area contributed by atoms with Gasteiger partial charge in [-0.05, 0) is 13.3 Å². The van der Waals surface area contributed by atoms with E-state index in [1.165, 1.54) is 0 Å². The van der Waals surface area contributed by atoms with E-state index in [2.05, 4.69) is 5.32 Å². The van der Waals surface area contributed by atoms with Crippen LogP contribution in [0.25, 0.3) is 0 Å². The van der Waals surface area contributed by atoms with Gasteiger partial charge in [0.15, 0.2) is 0 Å². The number of ether oxygens (including phenoxy) is 1. The summed E-state index contributed by atoms with van der Waals surface area (Å²) in [5.74, 6) is 0.164. The number of aliphatic hydroxyl groups is 1. The summed E-state index contributed by atoms with van der Waals surface area (Å²) in [5.41, 5.74) is -0.679. The van der Waals surface area contributed by atoms with Gasteiger partial charge in [-0.2, -0.15) is 0 Å². The predicted molar refractivity (Wildman–Crippen MR) is 65.8 cm³/mol. The first-order chi connectivity index (χ1) is 8.05. The summed E-state index contributed by atoms with van der Waals surface area (Å²) in [6.45, 7) is 7.57. The lowest BCUT2D eigenvalue weighted by Crippen LogP contribution is -2.43. The van der Waals surface area contributed by atoms with Gasteiger partial charge < -0.3 is 20.1 Å². The molecule has 0 aromatic rings. The van der Waals surface area contributed by atoms with Crippen LogP contribution in [-0.2, 0) is 9.53 Å². The van der Waals surface area contributed by atoms with Gasteiger partial charge in [0.05, 0.1) is 18.8 Å². The fourth-order valence-corrected chi connectivity index (χ4v) is 1.65. The molecular weight excluding hydrogens is 220 g/mol. The van der Waals surface area contributed by atoms with Crippen LogP contribution >= 0.6 is 0 Å². The summed E-state index contributed by atoms with van der Waals surface area (Å²) in [6.07, 6.45) is 1.19. The first-order valence-electron chi connectivity index (χ1n) is 6.34. The Morgan fingerprint density at radius 3 is 2.71 bits per heavy atom. The van der Waals surface area contributed by atoms with Crippen molar-refractivity contribution in [2.45, 2.75) is 32.3 Å². The molecule has 1 rings (SSSR count). The monoisotopic (exact) mass is 244 g/mol. The van der Waals surface area contributed by atoms with Gasteiger partial charge in [0.2, 0.25) is 5.91 Å². The normalized spacial score (nSPS) is 20.1. The molecule has 0 aromatic carbocycles. The first-order valence-corrected chi connectivity index (χ1v) is 6.34. The standard InChI is InChI=1S/C12H24N2O3/c1-3-12(2,16)10-13-5-4-11(15)14-6-8-17-9-7-14/h13,16H,3-10H2,1-2H3. The maximum atomic E-state index is 11.8. The summed E-state index contributed by atoms with van der Waals surface area (Å²) < 4.78 is 5.19. The van der Waals surface area contributed by atoms with Gasteiger partial charge in [-0.3, -0.25) is 4.79 Å². The zero-order valence-electron chi connectivity index (χ0n) is 10.9. The van der Waals surface area contributed by atoms with Gasteiger partial charge in [-0.25, -0.2) is 0 Å². The third-order valence-corrected chi connectivity index (χ3v) is 3.15. The van der Waals surface area contributed by atoms with Crippen molar-refractivity contribution in [2.75, 3.05) is 39.4 Å². The van der Waals surface area contributed by atoms with Crippen molar-refractivity contribution < 1.29 is 14.6 Å². The van der Waals surface area contributed by atoms with Gasteiger partial charge in [-0.1, -0.05) is 6.92 Å². The number of morpholine rings is 1. The fourth-order valence-electron chi connectivity index (χ4n) is 1.65. The van der Waals surface area contributed by atoms with Crippen LogP contribution in [0.15, 0.2) is 0 Å². The summed E-state index contributed by atoms with van der Waals surface area (Å²) in [5, 5.41) is 12.9. The molecule has 0 radical (unpaired) electrons. The molecule has 2 N–H and O–H groups in total. The van der Waals surface area contributed by atoms with Crippen LogP contribution in [0.2, 0.25) is 0 Å². The number of nitrogens with one attached hydrogen (secondary N) is 1. The van der Waals surface area contributed by atoms with E-state index in [1.807, 2.05) is 11.8 Å². The van der Waals surface area contributed by atoms with Crippen LogP contribution in [0, 0.1) is 0 Å². The van der Waals surface area contributed by atoms with Crippen molar-refractivity contribution in [3.63, 3.8) is 0 Å². The Morgan fingerprint density at radius 2 is 2.12 bits per heavy atom. The van der Waals surface area contributed by atoms with Crippen molar-refractivity contribution in [1.82, 2.24) is 10.2 Å². The van der Waals surface area contributed by atoms with Gasteiger partial charge in [0.1, 0.15) is 0 Å². The van der Waals surface area contributed by atoms with Crippen LogP contribution in [0.4, 0.5) is 0 Å². The topological polar surface area (TPSA) is 61.8 Å². The average molecular weight is 244 g/mol. The molecule has 1 atom stereocenters.